The van der Waals surface area contributed by atoms with Crippen LogP contribution in [-0.4, -0.2) is 14.7 Å². The van der Waals surface area contributed by atoms with Gasteiger partial charge in [0.1, 0.15) is 5.69 Å². The van der Waals surface area contributed by atoms with Crippen LogP contribution < -0.4 is 0 Å². The Bertz CT molecular complexity index is 1080. The number of nitro groups is 1. The van der Waals surface area contributed by atoms with E-state index < -0.39 is 4.92 Å². The van der Waals surface area contributed by atoms with Gasteiger partial charge in [-0.25, -0.2) is 4.68 Å². The standard InChI is InChI=1S/C21H15N3O3/c25-24(26)19-12-9-16(10-13-19)8-11-17-15-20(21-7-4-14-27-21)23(22-17)18-5-2-1-3-6-18/h1-15H/b11-8-. The first-order valence-electron chi connectivity index (χ1n) is 8.32. The number of para-hydroxylation sites is 1. The molecule has 0 fully saturated rings. The van der Waals surface area contributed by atoms with Crippen molar-refractivity contribution in [3.05, 3.63) is 100 Å². The Morgan fingerprint density at radius 1 is 0.963 bits per heavy atom. The molecule has 0 aliphatic rings. The van der Waals surface area contributed by atoms with E-state index in [9.17, 15) is 10.1 Å². The van der Waals surface area contributed by atoms with Crippen molar-refractivity contribution in [2.75, 3.05) is 0 Å². The number of aromatic nitrogens is 2. The van der Waals surface area contributed by atoms with Gasteiger partial charge in [-0.3, -0.25) is 10.1 Å². The van der Waals surface area contributed by atoms with E-state index in [4.69, 9.17) is 4.42 Å². The largest absolute Gasteiger partial charge is 0.463 e. The number of hydrogen-bond acceptors (Lipinski definition) is 4. The zero-order valence-electron chi connectivity index (χ0n) is 14.2. The van der Waals surface area contributed by atoms with Crippen LogP contribution in [-0.2, 0) is 0 Å². The van der Waals surface area contributed by atoms with E-state index >= 15 is 0 Å². The molecule has 0 saturated heterocycles. The second-order valence-corrected chi connectivity index (χ2v) is 5.86. The molecular formula is C21H15N3O3. The summed E-state index contributed by atoms with van der Waals surface area (Å²) in [4.78, 5) is 10.3. The van der Waals surface area contributed by atoms with Gasteiger partial charge in [-0.1, -0.05) is 24.3 Å². The quantitative estimate of drug-likeness (QED) is 0.363. The summed E-state index contributed by atoms with van der Waals surface area (Å²) in [5.74, 6) is 0.723. The van der Waals surface area contributed by atoms with Crippen molar-refractivity contribution in [3.8, 4) is 17.1 Å². The van der Waals surface area contributed by atoms with E-state index in [0.29, 0.717) is 0 Å². The van der Waals surface area contributed by atoms with Crippen molar-refractivity contribution in [2.24, 2.45) is 0 Å². The number of benzene rings is 2. The minimum atomic E-state index is -0.412. The molecule has 0 saturated carbocycles. The molecular weight excluding hydrogens is 342 g/mol. The molecule has 0 atom stereocenters. The van der Waals surface area contributed by atoms with Crippen molar-refractivity contribution >= 4 is 17.8 Å². The van der Waals surface area contributed by atoms with Gasteiger partial charge in [0, 0.05) is 12.1 Å². The van der Waals surface area contributed by atoms with Crippen LogP contribution in [0.1, 0.15) is 11.3 Å². The van der Waals surface area contributed by atoms with E-state index in [0.717, 1.165) is 28.4 Å². The summed E-state index contributed by atoms with van der Waals surface area (Å²) in [7, 11) is 0. The molecule has 4 rings (SSSR count). The van der Waals surface area contributed by atoms with Gasteiger partial charge in [-0.2, -0.15) is 5.10 Å². The maximum Gasteiger partial charge on any atom is 0.269 e. The first-order chi connectivity index (χ1) is 13.2. The third-order valence-electron chi connectivity index (χ3n) is 4.05. The van der Waals surface area contributed by atoms with E-state index in [1.54, 1.807) is 18.4 Å². The highest BCUT2D eigenvalue weighted by Gasteiger charge is 2.12. The number of nitro benzene ring substituents is 1. The first-order valence-corrected chi connectivity index (χ1v) is 8.32. The molecule has 0 N–H and O–H groups in total. The first kappa shape index (κ1) is 16.5. The minimum absolute atomic E-state index is 0.0700. The smallest absolute Gasteiger partial charge is 0.269 e. The second kappa shape index (κ2) is 7.13. The van der Waals surface area contributed by atoms with Crippen LogP contribution in [0.5, 0.6) is 0 Å². The Labute approximate surface area is 155 Å². The van der Waals surface area contributed by atoms with Crippen LogP contribution in [0.3, 0.4) is 0 Å². The molecule has 132 valence electrons. The van der Waals surface area contributed by atoms with E-state index in [2.05, 4.69) is 5.10 Å². The van der Waals surface area contributed by atoms with Crippen molar-refractivity contribution in [3.63, 3.8) is 0 Å². The lowest BCUT2D eigenvalue weighted by Gasteiger charge is -2.04. The molecule has 2 aromatic carbocycles. The lowest BCUT2D eigenvalue weighted by molar-refractivity contribution is -0.384. The summed E-state index contributed by atoms with van der Waals surface area (Å²) in [6.07, 6.45) is 5.37. The Hall–Kier alpha value is -3.93. The summed E-state index contributed by atoms with van der Waals surface area (Å²) >= 11 is 0. The lowest BCUT2D eigenvalue weighted by atomic mass is 10.2. The topological polar surface area (TPSA) is 74.1 Å². The minimum Gasteiger partial charge on any atom is -0.463 e. The molecule has 6 nitrogen and oxygen atoms in total. The Morgan fingerprint density at radius 3 is 2.41 bits per heavy atom. The average Bonchev–Trinajstić information content (AvgIpc) is 3.37. The van der Waals surface area contributed by atoms with Crippen LogP contribution in [0.4, 0.5) is 5.69 Å². The third-order valence-corrected chi connectivity index (χ3v) is 4.05. The zero-order chi connectivity index (χ0) is 18.6. The Balaban J connectivity index is 1.68. The molecule has 2 heterocycles. The fourth-order valence-corrected chi connectivity index (χ4v) is 2.74. The van der Waals surface area contributed by atoms with Crippen LogP contribution >= 0.6 is 0 Å². The predicted octanol–water partition coefficient (Wildman–Crippen LogP) is 5.21. The summed E-state index contributed by atoms with van der Waals surface area (Å²) in [5, 5.41) is 15.4. The van der Waals surface area contributed by atoms with Gasteiger partial charge in [0.15, 0.2) is 5.76 Å². The molecule has 0 unspecified atom stereocenters. The van der Waals surface area contributed by atoms with Crippen molar-refractivity contribution in [2.45, 2.75) is 0 Å². The molecule has 0 aliphatic carbocycles. The number of non-ortho nitro benzene ring substituents is 1. The van der Waals surface area contributed by atoms with Gasteiger partial charge in [0.2, 0.25) is 0 Å². The number of hydrogen-bond donors (Lipinski definition) is 0. The highest BCUT2D eigenvalue weighted by atomic mass is 16.6. The normalized spacial score (nSPS) is 11.1. The van der Waals surface area contributed by atoms with Crippen LogP contribution in [0.2, 0.25) is 0 Å². The van der Waals surface area contributed by atoms with Crippen molar-refractivity contribution < 1.29 is 9.34 Å². The van der Waals surface area contributed by atoms with Gasteiger partial charge < -0.3 is 4.42 Å². The van der Waals surface area contributed by atoms with Gasteiger partial charge in [-0.15, -0.1) is 0 Å². The fourth-order valence-electron chi connectivity index (χ4n) is 2.74. The fraction of sp³-hybridized carbons (Fsp3) is 0. The van der Waals surface area contributed by atoms with E-state index in [-0.39, 0.29) is 5.69 Å². The van der Waals surface area contributed by atoms with Crippen LogP contribution in [0.15, 0.2) is 83.5 Å². The Kier molecular flexibility index (Phi) is 4.37. The van der Waals surface area contributed by atoms with Gasteiger partial charge in [-0.05, 0) is 54.1 Å². The molecule has 0 spiro atoms. The molecule has 0 aliphatic heterocycles. The summed E-state index contributed by atoms with van der Waals surface area (Å²) in [6.45, 7) is 0. The number of nitrogens with zero attached hydrogens (tertiary/aromatic N) is 3. The maximum absolute atomic E-state index is 10.7. The molecule has 4 aromatic rings. The van der Waals surface area contributed by atoms with Gasteiger partial charge in [0.25, 0.3) is 5.69 Å². The zero-order valence-corrected chi connectivity index (χ0v) is 14.2. The number of furan rings is 1. The summed E-state index contributed by atoms with van der Waals surface area (Å²) < 4.78 is 7.37. The second-order valence-electron chi connectivity index (χ2n) is 5.86. The maximum atomic E-state index is 10.7. The third kappa shape index (κ3) is 3.55. The summed E-state index contributed by atoms with van der Waals surface area (Å²) in [6, 6.07) is 21.9. The predicted molar refractivity (Wildman–Crippen MR) is 103 cm³/mol. The van der Waals surface area contributed by atoms with E-state index in [1.165, 1.54) is 12.1 Å². The highest BCUT2D eigenvalue weighted by molar-refractivity contribution is 5.71. The molecule has 27 heavy (non-hydrogen) atoms. The molecule has 2 aromatic heterocycles. The Morgan fingerprint density at radius 2 is 1.74 bits per heavy atom. The monoisotopic (exact) mass is 357 g/mol. The number of rotatable bonds is 5. The lowest BCUT2D eigenvalue weighted by Crippen LogP contribution is -1.98. The van der Waals surface area contributed by atoms with Crippen molar-refractivity contribution in [1.29, 1.82) is 0 Å². The molecule has 6 heteroatoms. The molecule has 0 amide bonds. The highest BCUT2D eigenvalue weighted by Crippen LogP contribution is 2.25. The van der Waals surface area contributed by atoms with Gasteiger partial charge >= 0.3 is 0 Å². The van der Waals surface area contributed by atoms with Crippen LogP contribution in [0.25, 0.3) is 29.3 Å². The van der Waals surface area contributed by atoms with Gasteiger partial charge in [0.05, 0.1) is 22.6 Å². The molecule has 0 bridgehead atoms. The van der Waals surface area contributed by atoms with E-state index in [1.807, 2.05) is 65.4 Å². The van der Waals surface area contributed by atoms with Crippen LogP contribution in [0, 0.1) is 10.1 Å². The van der Waals surface area contributed by atoms with Crippen molar-refractivity contribution in [1.82, 2.24) is 9.78 Å². The molecule has 0 radical (unpaired) electrons. The summed E-state index contributed by atoms with van der Waals surface area (Å²) in [5.41, 5.74) is 3.45. The SMILES string of the molecule is O=[N+]([O-])c1ccc(/C=C\c2cc(-c3ccco3)n(-c3ccccc3)n2)cc1. The average molecular weight is 357 g/mol.